The lowest BCUT2D eigenvalue weighted by Crippen LogP contribution is -2.23. The average molecular weight is 251 g/mol. The monoisotopic (exact) mass is 251 g/mol. The second kappa shape index (κ2) is 5.33. The van der Waals surface area contributed by atoms with Gasteiger partial charge in [-0.3, -0.25) is 4.68 Å². The number of aryl methyl sites for hydroxylation is 1. The maximum absolute atomic E-state index is 5.39. The van der Waals surface area contributed by atoms with Gasteiger partial charge >= 0.3 is 0 Å². The Morgan fingerprint density at radius 1 is 1.53 bits per heavy atom. The van der Waals surface area contributed by atoms with E-state index in [1.807, 2.05) is 30.1 Å². The van der Waals surface area contributed by atoms with Crippen LogP contribution >= 0.6 is 11.3 Å². The molecule has 2 aromatic heterocycles. The van der Waals surface area contributed by atoms with Gasteiger partial charge in [-0.25, -0.2) is 0 Å². The molecule has 4 nitrogen and oxygen atoms in total. The van der Waals surface area contributed by atoms with Crippen LogP contribution in [0.4, 0.5) is 0 Å². The Morgan fingerprint density at radius 2 is 2.35 bits per heavy atom. The molecule has 0 fully saturated rings. The number of methoxy groups -OCH3 is 1. The van der Waals surface area contributed by atoms with Crippen molar-refractivity contribution in [3.63, 3.8) is 0 Å². The summed E-state index contributed by atoms with van der Waals surface area (Å²) in [6.07, 6.45) is 1.82. The van der Waals surface area contributed by atoms with Crippen molar-refractivity contribution >= 4 is 11.3 Å². The molecular weight excluding hydrogens is 234 g/mol. The van der Waals surface area contributed by atoms with Crippen LogP contribution in [0.3, 0.4) is 0 Å². The first-order chi connectivity index (χ1) is 8.27. The van der Waals surface area contributed by atoms with E-state index in [-0.39, 0.29) is 6.04 Å². The summed E-state index contributed by atoms with van der Waals surface area (Å²) in [5.74, 6) is 0.933. The number of hydrogen-bond acceptors (Lipinski definition) is 4. The van der Waals surface area contributed by atoms with Crippen LogP contribution in [0, 0.1) is 0 Å². The van der Waals surface area contributed by atoms with Gasteiger partial charge in [0.2, 0.25) is 0 Å². The largest absolute Gasteiger partial charge is 0.496 e. The molecule has 1 unspecified atom stereocenters. The average Bonchev–Trinajstić information content (AvgIpc) is 2.94. The molecule has 2 aromatic rings. The first kappa shape index (κ1) is 12.1. The van der Waals surface area contributed by atoms with E-state index in [2.05, 4.69) is 22.7 Å². The molecule has 0 saturated carbocycles. The number of rotatable bonds is 5. The van der Waals surface area contributed by atoms with Crippen molar-refractivity contribution in [2.24, 2.45) is 7.05 Å². The van der Waals surface area contributed by atoms with Gasteiger partial charge in [-0.1, -0.05) is 6.92 Å². The van der Waals surface area contributed by atoms with E-state index in [9.17, 15) is 0 Å². The maximum atomic E-state index is 5.39. The molecule has 0 saturated heterocycles. The molecule has 1 atom stereocenters. The van der Waals surface area contributed by atoms with Gasteiger partial charge in [-0.15, -0.1) is 11.3 Å². The molecule has 2 rings (SSSR count). The number of aromatic nitrogens is 2. The Morgan fingerprint density at radius 3 is 2.94 bits per heavy atom. The van der Waals surface area contributed by atoms with Gasteiger partial charge in [0.1, 0.15) is 5.75 Å². The minimum absolute atomic E-state index is 0.141. The minimum Gasteiger partial charge on any atom is -0.496 e. The van der Waals surface area contributed by atoms with Crippen molar-refractivity contribution in [2.75, 3.05) is 13.7 Å². The maximum Gasteiger partial charge on any atom is 0.134 e. The van der Waals surface area contributed by atoms with Crippen molar-refractivity contribution in [1.82, 2.24) is 15.1 Å². The Hall–Kier alpha value is -1.33. The quantitative estimate of drug-likeness (QED) is 0.885. The molecule has 5 heteroatoms. The highest BCUT2D eigenvalue weighted by atomic mass is 32.1. The summed E-state index contributed by atoms with van der Waals surface area (Å²) in [4.78, 5) is 1.19. The van der Waals surface area contributed by atoms with E-state index >= 15 is 0 Å². The van der Waals surface area contributed by atoms with Gasteiger partial charge in [0, 0.05) is 13.2 Å². The van der Waals surface area contributed by atoms with Crippen LogP contribution in [0.25, 0.3) is 0 Å². The fraction of sp³-hybridized carbons (Fsp3) is 0.417. The predicted octanol–water partition coefficient (Wildman–Crippen LogP) is 2.19. The lowest BCUT2D eigenvalue weighted by Gasteiger charge is -2.18. The molecule has 0 amide bonds. The van der Waals surface area contributed by atoms with Crippen LogP contribution in [-0.4, -0.2) is 23.4 Å². The molecule has 1 N–H and O–H groups in total. The molecule has 0 aliphatic heterocycles. The van der Waals surface area contributed by atoms with Gasteiger partial charge < -0.3 is 10.1 Å². The van der Waals surface area contributed by atoms with Gasteiger partial charge in [0.25, 0.3) is 0 Å². The van der Waals surface area contributed by atoms with Crippen molar-refractivity contribution < 1.29 is 4.74 Å². The molecule has 17 heavy (non-hydrogen) atoms. The summed E-state index contributed by atoms with van der Waals surface area (Å²) in [5.41, 5.74) is 1.15. The third-order valence-corrected chi connectivity index (χ3v) is 3.67. The Balaban J connectivity index is 2.39. The van der Waals surface area contributed by atoms with Gasteiger partial charge in [-0.2, -0.15) is 5.10 Å². The van der Waals surface area contributed by atoms with Crippen LogP contribution < -0.4 is 10.1 Å². The van der Waals surface area contributed by atoms with Crippen molar-refractivity contribution in [1.29, 1.82) is 0 Å². The van der Waals surface area contributed by atoms with Crippen LogP contribution in [0.15, 0.2) is 23.7 Å². The smallest absolute Gasteiger partial charge is 0.134 e. The zero-order valence-electron chi connectivity index (χ0n) is 10.3. The molecule has 0 aliphatic carbocycles. The first-order valence-electron chi connectivity index (χ1n) is 5.60. The van der Waals surface area contributed by atoms with E-state index < -0.39 is 0 Å². The Labute approximate surface area is 105 Å². The number of nitrogens with one attached hydrogen (secondary N) is 1. The van der Waals surface area contributed by atoms with Crippen LogP contribution in [0.2, 0.25) is 0 Å². The number of hydrogen-bond donors (Lipinski definition) is 1. The lowest BCUT2D eigenvalue weighted by molar-refractivity contribution is 0.406. The SMILES string of the molecule is CCNC(c1sccc1OC)c1ccnn1C. The van der Waals surface area contributed by atoms with E-state index in [4.69, 9.17) is 4.74 Å². The summed E-state index contributed by atoms with van der Waals surface area (Å²) in [6, 6.07) is 4.18. The number of ether oxygens (including phenoxy) is 1. The third-order valence-electron chi connectivity index (χ3n) is 2.70. The van der Waals surface area contributed by atoms with E-state index in [0.29, 0.717) is 0 Å². The van der Waals surface area contributed by atoms with Gasteiger partial charge in [-0.05, 0) is 24.1 Å². The standard InChI is InChI=1S/C12H17N3OS/c1-4-13-11(9-5-7-14-15(9)2)12-10(16-3)6-8-17-12/h5-8,11,13H,4H2,1-3H3. The summed E-state index contributed by atoms with van der Waals surface area (Å²) in [7, 11) is 3.66. The summed E-state index contributed by atoms with van der Waals surface area (Å²) in [6.45, 7) is 3.00. The Bertz CT molecular complexity index is 478. The second-order valence-corrected chi connectivity index (χ2v) is 4.67. The van der Waals surface area contributed by atoms with Gasteiger partial charge in [0.05, 0.1) is 23.7 Å². The third kappa shape index (κ3) is 2.35. The van der Waals surface area contributed by atoms with E-state index in [1.54, 1.807) is 18.4 Å². The Kier molecular flexibility index (Phi) is 3.81. The molecule has 0 aliphatic rings. The van der Waals surface area contributed by atoms with E-state index in [0.717, 1.165) is 18.0 Å². The van der Waals surface area contributed by atoms with Crippen molar-refractivity contribution in [3.8, 4) is 5.75 Å². The minimum atomic E-state index is 0.141. The van der Waals surface area contributed by atoms with Crippen LogP contribution in [0.5, 0.6) is 5.75 Å². The topological polar surface area (TPSA) is 39.1 Å². The fourth-order valence-electron chi connectivity index (χ4n) is 1.89. The summed E-state index contributed by atoms with van der Waals surface area (Å²) in [5, 5.41) is 9.75. The fourth-order valence-corrected chi connectivity index (χ4v) is 2.84. The molecule has 0 aromatic carbocycles. The highest BCUT2D eigenvalue weighted by molar-refractivity contribution is 7.10. The van der Waals surface area contributed by atoms with E-state index in [1.165, 1.54) is 4.88 Å². The second-order valence-electron chi connectivity index (χ2n) is 3.72. The summed E-state index contributed by atoms with van der Waals surface area (Å²) < 4.78 is 7.29. The zero-order valence-corrected chi connectivity index (χ0v) is 11.1. The van der Waals surface area contributed by atoms with Crippen molar-refractivity contribution in [2.45, 2.75) is 13.0 Å². The van der Waals surface area contributed by atoms with Crippen LogP contribution in [0.1, 0.15) is 23.5 Å². The molecule has 0 spiro atoms. The molecule has 2 heterocycles. The van der Waals surface area contributed by atoms with Crippen molar-refractivity contribution in [3.05, 3.63) is 34.3 Å². The molecule has 0 bridgehead atoms. The van der Waals surface area contributed by atoms with Gasteiger partial charge in [0.15, 0.2) is 0 Å². The highest BCUT2D eigenvalue weighted by Gasteiger charge is 2.21. The first-order valence-corrected chi connectivity index (χ1v) is 6.48. The normalized spacial score (nSPS) is 12.6. The lowest BCUT2D eigenvalue weighted by atomic mass is 10.1. The predicted molar refractivity (Wildman–Crippen MR) is 69.6 cm³/mol. The summed E-state index contributed by atoms with van der Waals surface area (Å²) >= 11 is 1.70. The molecule has 0 radical (unpaired) electrons. The number of nitrogens with zero attached hydrogens (tertiary/aromatic N) is 2. The number of thiophene rings is 1. The zero-order chi connectivity index (χ0) is 12.3. The molecule has 92 valence electrons. The molecular formula is C12H17N3OS. The van der Waals surface area contributed by atoms with Crippen LogP contribution in [-0.2, 0) is 7.05 Å². The highest BCUT2D eigenvalue weighted by Crippen LogP contribution is 2.34.